The fraction of sp³-hybridized carbons (Fsp3) is 0.500. The standard InChI is InChI=1S/C12H16F2N2O2/c13-8-5-9(14)11(15)10(6-8)16-7-12(17)1-3-18-4-2-12/h5-6,16-17H,1-4,7,15H2. The van der Waals surface area contributed by atoms with Gasteiger partial charge in [-0.3, -0.25) is 0 Å². The lowest BCUT2D eigenvalue weighted by Crippen LogP contribution is -2.42. The maximum Gasteiger partial charge on any atom is 0.151 e. The Morgan fingerprint density at radius 3 is 2.67 bits per heavy atom. The molecule has 1 aliphatic rings. The van der Waals surface area contributed by atoms with Gasteiger partial charge in [-0.25, -0.2) is 8.78 Å². The second kappa shape index (κ2) is 5.07. The van der Waals surface area contributed by atoms with E-state index in [0.717, 1.165) is 12.1 Å². The third kappa shape index (κ3) is 2.88. The molecule has 0 radical (unpaired) electrons. The molecule has 0 saturated carbocycles. The van der Waals surface area contributed by atoms with Crippen LogP contribution in [0.1, 0.15) is 12.8 Å². The van der Waals surface area contributed by atoms with E-state index in [2.05, 4.69) is 5.32 Å². The molecule has 1 fully saturated rings. The van der Waals surface area contributed by atoms with Crippen LogP contribution in [0.25, 0.3) is 0 Å². The van der Waals surface area contributed by atoms with Crippen LogP contribution in [-0.2, 0) is 4.74 Å². The molecule has 1 heterocycles. The average molecular weight is 258 g/mol. The topological polar surface area (TPSA) is 67.5 Å². The molecule has 0 aliphatic carbocycles. The fourth-order valence-electron chi connectivity index (χ4n) is 1.92. The molecule has 4 N–H and O–H groups in total. The van der Waals surface area contributed by atoms with Crippen molar-refractivity contribution in [3.63, 3.8) is 0 Å². The van der Waals surface area contributed by atoms with Crippen molar-refractivity contribution < 1.29 is 18.6 Å². The van der Waals surface area contributed by atoms with Crippen LogP contribution in [-0.4, -0.2) is 30.5 Å². The van der Waals surface area contributed by atoms with Crippen molar-refractivity contribution in [2.75, 3.05) is 30.8 Å². The van der Waals surface area contributed by atoms with E-state index >= 15 is 0 Å². The van der Waals surface area contributed by atoms with Crippen molar-refractivity contribution in [2.24, 2.45) is 0 Å². The number of hydrogen-bond donors (Lipinski definition) is 3. The summed E-state index contributed by atoms with van der Waals surface area (Å²) in [4.78, 5) is 0. The van der Waals surface area contributed by atoms with Crippen LogP contribution >= 0.6 is 0 Å². The van der Waals surface area contributed by atoms with Crippen molar-refractivity contribution in [1.29, 1.82) is 0 Å². The molecular formula is C12H16F2N2O2. The number of nitrogen functional groups attached to an aromatic ring is 1. The molecular weight excluding hydrogens is 242 g/mol. The lowest BCUT2D eigenvalue weighted by atomic mass is 9.94. The summed E-state index contributed by atoms with van der Waals surface area (Å²) >= 11 is 0. The number of aliphatic hydroxyl groups is 1. The molecule has 18 heavy (non-hydrogen) atoms. The number of anilines is 2. The molecule has 0 aromatic heterocycles. The maximum atomic E-state index is 13.2. The summed E-state index contributed by atoms with van der Waals surface area (Å²) < 4.78 is 31.4. The molecule has 2 rings (SSSR count). The van der Waals surface area contributed by atoms with E-state index in [1.807, 2.05) is 0 Å². The minimum Gasteiger partial charge on any atom is -0.395 e. The van der Waals surface area contributed by atoms with Crippen LogP contribution < -0.4 is 11.1 Å². The van der Waals surface area contributed by atoms with Crippen molar-refractivity contribution in [3.05, 3.63) is 23.8 Å². The van der Waals surface area contributed by atoms with E-state index in [1.54, 1.807) is 0 Å². The quantitative estimate of drug-likeness (QED) is 0.719. The Balaban J connectivity index is 2.05. The molecule has 1 aliphatic heterocycles. The summed E-state index contributed by atoms with van der Waals surface area (Å²) in [6, 6.07) is 1.84. The second-order valence-corrected chi connectivity index (χ2v) is 4.54. The van der Waals surface area contributed by atoms with E-state index < -0.39 is 17.2 Å². The van der Waals surface area contributed by atoms with E-state index in [4.69, 9.17) is 10.5 Å². The highest BCUT2D eigenvalue weighted by molar-refractivity contribution is 5.66. The van der Waals surface area contributed by atoms with Crippen LogP contribution in [0, 0.1) is 11.6 Å². The number of halogens is 2. The van der Waals surface area contributed by atoms with E-state index in [9.17, 15) is 13.9 Å². The summed E-state index contributed by atoms with van der Waals surface area (Å²) in [5.41, 5.74) is 4.59. The van der Waals surface area contributed by atoms with Crippen molar-refractivity contribution in [3.8, 4) is 0 Å². The van der Waals surface area contributed by atoms with E-state index in [0.29, 0.717) is 26.1 Å². The summed E-state index contributed by atoms with van der Waals surface area (Å²) in [5.74, 6) is -1.51. The normalized spacial score (nSPS) is 18.6. The van der Waals surface area contributed by atoms with Gasteiger partial charge in [0.25, 0.3) is 0 Å². The van der Waals surface area contributed by atoms with Crippen LogP contribution in [0.3, 0.4) is 0 Å². The molecule has 100 valence electrons. The van der Waals surface area contributed by atoms with E-state index in [1.165, 1.54) is 0 Å². The van der Waals surface area contributed by atoms with Gasteiger partial charge in [-0.05, 0) is 6.07 Å². The predicted molar refractivity (Wildman–Crippen MR) is 64.3 cm³/mol. The first-order chi connectivity index (χ1) is 8.50. The number of ether oxygens (including phenoxy) is 1. The number of hydrogen-bond acceptors (Lipinski definition) is 4. The Hall–Kier alpha value is -1.40. The van der Waals surface area contributed by atoms with Crippen LogP contribution in [0.2, 0.25) is 0 Å². The smallest absolute Gasteiger partial charge is 0.151 e. The Bertz CT molecular complexity index is 434. The zero-order valence-corrected chi connectivity index (χ0v) is 9.88. The SMILES string of the molecule is Nc1c(F)cc(F)cc1NCC1(O)CCOCC1. The lowest BCUT2D eigenvalue weighted by molar-refractivity contribution is -0.0543. The molecule has 1 aromatic carbocycles. The van der Waals surface area contributed by atoms with Crippen molar-refractivity contribution >= 4 is 11.4 Å². The summed E-state index contributed by atoms with van der Waals surface area (Å²) in [6.07, 6.45) is 0.968. The largest absolute Gasteiger partial charge is 0.395 e. The zero-order valence-electron chi connectivity index (χ0n) is 9.88. The second-order valence-electron chi connectivity index (χ2n) is 4.54. The Kier molecular flexibility index (Phi) is 3.68. The van der Waals surface area contributed by atoms with Crippen molar-refractivity contribution in [2.45, 2.75) is 18.4 Å². The third-order valence-electron chi connectivity index (χ3n) is 3.13. The van der Waals surface area contributed by atoms with Gasteiger partial charge >= 0.3 is 0 Å². The maximum absolute atomic E-state index is 13.2. The van der Waals surface area contributed by atoms with Gasteiger partial charge in [0.05, 0.1) is 17.0 Å². The van der Waals surface area contributed by atoms with Crippen molar-refractivity contribution in [1.82, 2.24) is 0 Å². The van der Waals surface area contributed by atoms with Gasteiger partial charge < -0.3 is 20.9 Å². The number of benzene rings is 1. The van der Waals surface area contributed by atoms with Gasteiger partial charge in [-0.1, -0.05) is 0 Å². The number of nitrogens with one attached hydrogen (secondary N) is 1. The van der Waals surface area contributed by atoms with Crippen LogP contribution in [0.5, 0.6) is 0 Å². The minimum atomic E-state index is -0.923. The monoisotopic (exact) mass is 258 g/mol. The van der Waals surface area contributed by atoms with Gasteiger partial charge in [0.15, 0.2) is 5.82 Å². The molecule has 0 atom stereocenters. The summed E-state index contributed by atoms with van der Waals surface area (Å²) in [5, 5.41) is 13.0. The Labute approximate surface area is 104 Å². The fourth-order valence-corrected chi connectivity index (χ4v) is 1.92. The number of rotatable bonds is 3. The molecule has 0 unspecified atom stereocenters. The molecule has 1 aromatic rings. The summed E-state index contributed by atoms with van der Waals surface area (Å²) in [6.45, 7) is 1.14. The Morgan fingerprint density at radius 2 is 2.00 bits per heavy atom. The van der Waals surface area contributed by atoms with Crippen LogP contribution in [0.4, 0.5) is 20.2 Å². The van der Waals surface area contributed by atoms with Gasteiger partial charge in [0.1, 0.15) is 5.82 Å². The molecule has 0 amide bonds. The first-order valence-corrected chi connectivity index (χ1v) is 5.79. The third-order valence-corrected chi connectivity index (χ3v) is 3.13. The van der Waals surface area contributed by atoms with Gasteiger partial charge in [0, 0.05) is 38.7 Å². The summed E-state index contributed by atoms with van der Waals surface area (Å²) in [7, 11) is 0. The van der Waals surface area contributed by atoms with E-state index in [-0.39, 0.29) is 17.9 Å². The molecule has 4 nitrogen and oxygen atoms in total. The average Bonchev–Trinajstić information content (AvgIpc) is 2.33. The predicted octanol–water partition coefficient (Wildman–Crippen LogP) is 1.50. The van der Waals surface area contributed by atoms with Crippen LogP contribution in [0.15, 0.2) is 12.1 Å². The first-order valence-electron chi connectivity index (χ1n) is 5.79. The first kappa shape index (κ1) is 13.0. The Morgan fingerprint density at radius 1 is 1.33 bits per heavy atom. The molecule has 0 bridgehead atoms. The molecule has 6 heteroatoms. The van der Waals surface area contributed by atoms with Gasteiger partial charge in [0.2, 0.25) is 0 Å². The van der Waals surface area contributed by atoms with Gasteiger partial charge in [-0.2, -0.15) is 0 Å². The van der Waals surface area contributed by atoms with Gasteiger partial charge in [-0.15, -0.1) is 0 Å². The number of nitrogens with two attached hydrogens (primary N) is 1. The highest BCUT2D eigenvalue weighted by Gasteiger charge is 2.29. The molecule has 1 saturated heterocycles. The lowest BCUT2D eigenvalue weighted by Gasteiger charge is -2.32. The zero-order chi connectivity index (χ0) is 13.2. The molecule has 0 spiro atoms. The minimum absolute atomic E-state index is 0.146. The highest BCUT2D eigenvalue weighted by Crippen LogP contribution is 2.26. The highest BCUT2D eigenvalue weighted by atomic mass is 19.1.